The molecule has 2 aromatic carbocycles. The maximum Gasteiger partial charge on any atom is 0.365 e. The van der Waals surface area contributed by atoms with Crippen molar-refractivity contribution in [2.24, 2.45) is 0 Å². The number of hydrogen-bond acceptors (Lipinski definition) is 10. The van der Waals surface area contributed by atoms with Crippen molar-refractivity contribution in [2.75, 3.05) is 36.1 Å². The summed E-state index contributed by atoms with van der Waals surface area (Å²) >= 11 is 0. The Morgan fingerprint density at radius 3 is 2.25 bits per heavy atom. The minimum atomic E-state index is -4.17. The number of aromatic nitrogens is 8. The second-order valence-electron chi connectivity index (χ2n) is 11.7. The summed E-state index contributed by atoms with van der Waals surface area (Å²) in [5, 5.41) is 37.5. The fourth-order valence-electron chi connectivity index (χ4n) is 5.65. The Morgan fingerprint density at radius 2 is 1.65 bits per heavy atom. The highest BCUT2D eigenvalue weighted by atomic mass is 19.3. The number of pyridine rings is 1. The van der Waals surface area contributed by atoms with Crippen molar-refractivity contribution in [1.29, 1.82) is 0 Å². The van der Waals surface area contributed by atoms with Gasteiger partial charge in [0.1, 0.15) is 30.0 Å². The number of tetrazole rings is 1. The van der Waals surface area contributed by atoms with E-state index in [1.807, 2.05) is 29.3 Å². The lowest BCUT2D eigenvalue weighted by atomic mass is 9.84. The maximum atomic E-state index is 16.1. The number of benzene rings is 2. The molecule has 3 atom stereocenters. The van der Waals surface area contributed by atoms with Gasteiger partial charge in [-0.2, -0.15) is 18.6 Å². The van der Waals surface area contributed by atoms with Crippen LogP contribution in [0.3, 0.4) is 0 Å². The first-order valence-corrected chi connectivity index (χ1v) is 15.1. The molecular weight excluding hydrogens is 636 g/mol. The SMILES string of the molecule is CC(O)C(C)n1ncn(N2CCN(c3ccc(-c4ccc(C(F)(F)[C@](O)(Cn5cnnn5)c5ccc(F)cc5F)nc4)cc3)CC2)c1=O. The molecule has 4 heterocycles. The van der Waals surface area contributed by atoms with Crippen LogP contribution >= 0.6 is 0 Å². The van der Waals surface area contributed by atoms with E-state index in [4.69, 9.17) is 0 Å². The van der Waals surface area contributed by atoms with Crippen molar-refractivity contribution >= 4 is 5.69 Å². The number of aliphatic hydroxyl groups excluding tert-OH is 1. The molecule has 1 saturated heterocycles. The lowest BCUT2D eigenvalue weighted by Crippen LogP contribution is -2.54. The Hall–Kier alpha value is -5.16. The van der Waals surface area contributed by atoms with E-state index < -0.39 is 53.1 Å². The van der Waals surface area contributed by atoms with Crippen LogP contribution in [0, 0.1) is 11.6 Å². The average molecular weight is 669 g/mol. The first-order chi connectivity index (χ1) is 22.9. The molecule has 2 unspecified atom stereocenters. The van der Waals surface area contributed by atoms with Gasteiger partial charge in [-0.1, -0.05) is 18.2 Å². The zero-order chi connectivity index (χ0) is 34.2. The molecule has 2 N–H and O–H groups in total. The Kier molecular flexibility index (Phi) is 8.74. The summed E-state index contributed by atoms with van der Waals surface area (Å²) < 4.78 is 64.1. The predicted octanol–water partition coefficient (Wildman–Crippen LogP) is 2.45. The summed E-state index contributed by atoms with van der Waals surface area (Å²) in [6.07, 6.45) is 2.94. The summed E-state index contributed by atoms with van der Waals surface area (Å²) in [6.45, 7) is 4.73. The zero-order valence-corrected chi connectivity index (χ0v) is 25.9. The van der Waals surface area contributed by atoms with E-state index in [1.54, 1.807) is 13.8 Å². The fourth-order valence-corrected chi connectivity index (χ4v) is 5.65. The van der Waals surface area contributed by atoms with Crippen LogP contribution in [-0.2, 0) is 18.1 Å². The molecule has 1 aliphatic heterocycles. The predicted molar refractivity (Wildman–Crippen MR) is 165 cm³/mol. The van der Waals surface area contributed by atoms with Crippen molar-refractivity contribution in [1.82, 2.24) is 39.6 Å². The van der Waals surface area contributed by atoms with Gasteiger partial charge in [0, 0.05) is 42.2 Å². The van der Waals surface area contributed by atoms with Crippen LogP contribution < -0.4 is 15.6 Å². The van der Waals surface area contributed by atoms with Gasteiger partial charge in [-0.05, 0) is 60.2 Å². The molecule has 13 nitrogen and oxygen atoms in total. The van der Waals surface area contributed by atoms with Crippen molar-refractivity contribution in [3.8, 4) is 11.1 Å². The van der Waals surface area contributed by atoms with Gasteiger partial charge in [-0.15, -0.1) is 5.10 Å². The van der Waals surface area contributed by atoms with Crippen molar-refractivity contribution in [3.05, 3.63) is 107 Å². The molecule has 3 aromatic heterocycles. The lowest BCUT2D eigenvalue weighted by molar-refractivity contribution is -0.207. The van der Waals surface area contributed by atoms with Gasteiger partial charge in [0.15, 0.2) is 5.60 Å². The highest BCUT2D eigenvalue weighted by Crippen LogP contribution is 2.47. The Bertz CT molecular complexity index is 1910. The van der Waals surface area contributed by atoms with Gasteiger partial charge in [0.2, 0.25) is 0 Å². The van der Waals surface area contributed by atoms with E-state index in [0.717, 1.165) is 34.9 Å². The van der Waals surface area contributed by atoms with Crippen LogP contribution in [0.15, 0.2) is 78.2 Å². The molecule has 5 aromatic rings. The largest absolute Gasteiger partial charge is 0.391 e. The Labute approximate surface area is 271 Å². The van der Waals surface area contributed by atoms with Crippen LogP contribution in [0.5, 0.6) is 0 Å². The molecular formula is C31H32F4N10O3. The first kappa shape index (κ1) is 32.8. The van der Waals surface area contributed by atoms with Gasteiger partial charge in [0.05, 0.1) is 31.8 Å². The van der Waals surface area contributed by atoms with E-state index in [-0.39, 0.29) is 5.69 Å². The van der Waals surface area contributed by atoms with Crippen LogP contribution in [0.1, 0.15) is 31.1 Å². The van der Waals surface area contributed by atoms with Crippen molar-refractivity contribution in [3.63, 3.8) is 0 Å². The minimum Gasteiger partial charge on any atom is -0.391 e. The summed E-state index contributed by atoms with van der Waals surface area (Å²) in [4.78, 5) is 18.9. The second kappa shape index (κ2) is 12.8. The Balaban J connectivity index is 1.16. The molecule has 1 aliphatic rings. The van der Waals surface area contributed by atoms with Crippen LogP contribution in [0.2, 0.25) is 0 Å². The van der Waals surface area contributed by atoms with Gasteiger partial charge in [-0.3, -0.25) is 4.98 Å². The topological polar surface area (TPSA) is 143 Å². The summed E-state index contributed by atoms with van der Waals surface area (Å²) in [5.41, 5.74) is -3.10. The number of aliphatic hydroxyl groups is 2. The number of rotatable bonds is 10. The molecule has 252 valence electrons. The number of nitrogens with zero attached hydrogens (tertiary/aromatic N) is 10. The monoisotopic (exact) mass is 668 g/mol. The van der Waals surface area contributed by atoms with Gasteiger partial charge < -0.3 is 20.1 Å². The molecule has 48 heavy (non-hydrogen) atoms. The third-order valence-corrected chi connectivity index (χ3v) is 8.65. The molecule has 0 amide bonds. The van der Waals surface area contributed by atoms with Gasteiger partial charge in [-0.25, -0.2) is 22.9 Å². The molecule has 0 saturated carbocycles. The highest BCUT2D eigenvalue weighted by Gasteiger charge is 2.58. The Morgan fingerprint density at radius 1 is 0.938 bits per heavy atom. The van der Waals surface area contributed by atoms with Crippen molar-refractivity contribution in [2.45, 2.75) is 44.1 Å². The molecule has 0 spiro atoms. The average Bonchev–Trinajstić information content (AvgIpc) is 3.73. The molecule has 6 rings (SSSR count). The molecule has 0 bridgehead atoms. The normalized spacial score (nSPS) is 16.5. The number of halogens is 4. The summed E-state index contributed by atoms with van der Waals surface area (Å²) in [5.74, 6) is -6.53. The van der Waals surface area contributed by atoms with Crippen LogP contribution in [-0.4, -0.2) is 82.1 Å². The summed E-state index contributed by atoms with van der Waals surface area (Å²) in [6, 6.07) is 11.4. The molecule has 0 radical (unpaired) electrons. The van der Waals surface area contributed by atoms with E-state index >= 15 is 8.78 Å². The van der Waals surface area contributed by atoms with Crippen molar-refractivity contribution < 1.29 is 27.8 Å². The highest BCUT2D eigenvalue weighted by molar-refractivity contribution is 5.66. The number of hydrogen-bond donors (Lipinski definition) is 2. The number of anilines is 1. The molecule has 0 aliphatic carbocycles. The smallest absolute Gasteiger partial charge is 0.365 e. The first-order valence-electron chi connectivity index (χ1n) is 15.1. The minimum absolute atomic E-state index is 0.321. The van der Waals surface area contributed by atoms with Crippen LogP contribution in [0.25, 0.3) is 11.1 Å². The van der Waals surface area contributed by atoms with E-state index in [2.05, 4.69) is 30.5 Å². The third kappa shape index (κ3) is 6.01. The van der Waals surface area contributed by atoms with E-state index in [9.17, 15) is 23.8 Å². The standard InChI is InChI=1S/C31H32F4N10O3/c1-20(21(2)46)45-29(47)44(19-38-45)43-13-11-41(12-14-43)25-7-3-22(4-8-25)23-5-10-28(36-16-23)31(34,35)30(48,17-42-18-37-39-40-42)26-9-6-24(32)15-27(26)33/h3-10,15-16,18-21,46,48H,11-14,17H2,1-2H3/t20?,21?,30-/m0/s1. The maximum absolute atomic E-state index is 16.1. The van der Waals surface area contributed by atoms with Gasteiger partial charge >= 0.3 is 11.6 Å². The van der Waals surface area contributed by atoms with E-state index in [0.29, 0.717) is 43.4 Å². The third-order valence-electron chi connectivity index (χ3n) is 8.65. The quantitative estimate of drug-likeness (QED) is 0.213. The van der Waals surface area contributed by atoms with E-state index in [1.165, 1.54) is 27.9 Å². The zero-order valence-electron chi connectivity index (χ0n) is 25.9. The number of piperazine rings is 1. The van der Waals surface area contributed by atoms with Crippen LogP contribution in [0.4, 0.5) is 23.2 Å². The molecule has 17 heteroatoms. The fraction of sp³-hybridized carbons (Fsp3) is 0.355. The second-order valence-corrected chi connectivity index (χ2v) is 11.7. The van der Waals surface area contributed by atoms with Gasteiger partial charge in [0.25, 0.3) is 0 Å². The molecule has 1 fully saturated rings. The summed E-state index contributed by atoms with van der Waals surface area (Å²) in [7, 11) is 0. The number of alkyl halides is 2. The lowest BCUT2D eigenvalue weighted by Gasteiger charge is -2.36.